The lowest BCUT2D eigenvalue weighted by molar-refractivity contribution is 0.173. The number of carbonyl (C=O) groups excluding carboxylic acids is 1. The number of nitrogens with one attached hydrogen (secondary N) is 2. The lowest BCUT2D eigenvalue weighted by Crippen LogP contribution is -2.39. The first-order valence-corrected chi connectivity index (χ1v) is 7.61. The maximum absolute atomic E-state index is 13.6. The second-order valence-corrected chi connectivity index (χ2v) is 5.59. The molecule has 22 heavy (non-hydrogen) atoms. The topological polar surface area (TPSA) is 61.4 Å². The highest BCUT2D eigenvalue weighted by Crippen LogP contribution is 2.18. The molecule has 0 saturated carbocycles. The Bertz CT molecular complexity index is 634. The van der Waals surface area contributed by atoms with Gasteiger partial charge in [0.1, 0.15) is 11.6 Å². The number of rotatable bonds is 5. The largest absolute Gasteiger partial charge is 0.387 e. The van der Waals surface area contributed by atoms with E-state index in [4.69, 9.17) is 0 Å². The van der Waals surface area contributed by atoms with E-state index in [-0.39, 0.29) is 12.1 Å². The minimum Gasteiger partial charge on any atom is -0.387 e. The number of carbonyl (C=O) groups is 1. The predicted molar refractivity (Wildman–Crippen MR) is 80.6 cm³/mol. The lowest BCUT2D eigenvalue weighted by atomic mass is 10.1. The van der Waals surface area contributed by atoms with Crippen LogP contribution in [0.15, 0.2) is 35.0 Å². The van der Waals surface area contributed by atoms with Gasteiger partial charge in [0.25, 0.3) is 0 Å². The molecule has 2 amide bonds. The normalized spacial score (nSPS) is 13.5. The van der Waals surface area contributed by atoms with Crippen LogP contribution in [0.2, 0.25) is 0 Å². The van der Waals surface area contributed by atoms with E-state index >= 15 is 0 Å². The van der Waals surface area contributed by atoms with Crippen LogP contribution in [-0.2, 0) is 0 Å². The zero-order valence-electron chi connectivity index (χ0n) is 11.8. The highest BCUT2D eigenvalue weighted by molar-refractivity contribution is 7.07. The fraction of sp³-hybridized carbons (Fsp3) is 0.267. The molecule has 2 aromatic rings. The molecule has 4 nitrogen and oxygen atoms in total. The second-order valence-electron chi connectivity index (χ2n) is 4.81. The Morgan fingerprint density at radius 2 is 2.14 bits per heavy atom. The average Bonchev–Trinajstić information content (AvgIpc) is 2.98. The molecule has 1 aromatic carbocycles. The van der Waals surface area contributed by atoms with E-state index in [0.717, 1.165) is 17.7 Å². The van der Waals surface area contributed by atoms with Crippen molar-refractivity contribution in [3.05, 3.63) is 57.8 Å². The number of aliphatic hydroxyl groups excluding tert-OH is 1. The SMILES string of the molecule is CC(NC(=O)NCC(O)c1ccsc1)c1ccc(F)cc1F. The van der Waals surface area contributed by atoms with Crippen LogP contribution in [0.25, 0.3) is 0 Å². The van der Waals surface area contributed by atoms with Gasteiger partial charge in [0.05, 0.1) is 12.1 Å². The van der Waals surface area contributed by atoms with Crippen molar-refractivity contribution in [2.24, 2.45) is 0 Å². The van der Waals surface area contributed by atoms with Crippen LogP contribution in [0.3, 0.4) is 0 Å². The van der Waals surface area contributed by atoms with Crippen molar-refractivity contribution in [1.82, 2.24) is 10.6 Å². The van der Waals surface area contributed by atoms with Crippen molar-refractivity contribution < 1.29 is 18.7 Å². The van der Waals surface area contributed by atoms with Crippen molar-refractivity contribution in [3.63, 3.8) is 0 Å². The second kappa shape index (κ2) is 7.33. The average molecular weight is 326 g/mol. The molecule has 0 spiro atoms. The Morgan fingerprint density at radius 3 is 2.77 bits per heavy atom. The molecular weight excluding hydrogens is 310 g/mol. The van der Waals surface area contributed by atoms with E-state index in [1.54, 1.807) is 18.4 Å². The third-order valence-corrected chi connectivity index (χ3v) is 3.86. The smallest absolute Gasteiger partial charge is 0.315 e. The van der Waals surface area contributed by atoms with Gasteiger partial charge < -0.3 is 15.7 Å². The van der Waals surface area contributed by atoms with Crippen molar-refractivity contribution in [2.75, 3.05) is 6.54 Å². The minimum absolute atomic E-state index is 0.0428. The fourth-order valence-electron chi connectivity index (χ4n) is 1.95. The van der Waals surface area contributed by atoms with Crippen LogP contribution >= 0.6 is 11.3 Å². The quantitative estimate of drug-likeness (QED) is 0.790. The number of amides is 2. The van der Waals surface area contributed by atoms with Crippen LogP contribution in [0, 0.1) is 11.6 Å². The van der Waals surface area contributed by atoms with E-state index in [0.29, 0.717) is 0 Å². The van der Waals surface area contributed by atoms with E-state index in [1.165, 1.54) is 17.4 Å². The van der Waals surface area contributed by atoms with Crippen LogP contribution in [0.5, 0.6) is 0 Å². The summed E-state index contributed by atoms with van der Waals surface area (Å²) in [6.45, 7) is 1.63. The molecular formula is C15H16F2N2O2S. The summed E-state index contributed by atoms with van der Waals surface area (Å²) >= 11 is 1.45. The van der Waals surface area contributed by atoms with E-state index in [1.807, 2.05) is 5.38 Å². The molecule has 0 bridgehead atoms. The first kappa shape index (κ1) is 16.4. The molecule has 3 N–H and O–H groups in total. The molecule has 0 fully saturated rings. The first-order chi connectivity index (χ1) is 10.5. The lowest BCUT2D eigenvalue weighted by Gasteiger charge is -2.17. The van der Waals surface area contributed by atoms with Crippen LogP contribution in [0.1, 0.15) is 30.2 Å². The number of benzene rings is 1. The van der Waals surface area contributed by atoms with Crippen molar-refractivity contribution in [1.29, 1.82) is 0 Å². The molecule has 0 radical (unpaired) electrons. The van der Waals surface area contributed by atoms with Crippen LogP contribution in [0.4, 0.5) is 13.6 Å². The Morgan fingerprint density at radius 1 is 1.36 bits per heavy atom. The number of thiophene rings is 1. The molecule has 2 rings (SSSR count). The van der Waals surface area contributed by atoms with Gasteiger partial charge in [0.2, 0.25) is 0 Å². The fourth-order valence-corrected chi connectivity index (χ4v) is 2.66. The van der Waals surface area contributed by atoms with E-state index in [2.05, 4.69) is 10.6 Å². The first-order valence-electron chi connectivity index (χ1n) is 6.67. The van der Waals surface area contributed by atoms with Crippen LogP contribution in [-0.4, -0.2) is 17.7 Å². The summed E-state index contributed by atoms with van der Waals surface area (Å²) in [7, 11) is 0. The predicted octanol–water partition coefficient (Wildman–Crippen LogP) is 3.12. The summed E-state index contributed by atoms with van der Waals surface area (Å²) < 4.78 is 26.5. The van der Waals surface area contributed by atoms with Gasteiger partial charge >= 0.3 is 6.03 Å². The van der Waals surface area contributed by atoms with Crippen LogP contribution < -0.4 is 10.6 Å². The van der Waals surface area contributed by atoms with Gasteiger partial charge in [-0.25, -0.2) is 13.6 Å². The monoisotopic (exact) mass is 326 g/mol. The molecule has 2 atom stereocenters. The van der Waals surface area contributed by atoms with Gasteiger partial charge in [-0.05, 0) is 35.4 Å². The van der Waals surface area contributed by atoms with E-state index < -0.39 is 29.8 Å². The Kier molecular flexibility index (Phi) is 5.46. The van der Waals surface area contributed by atoms with Crippen molar-refractivity contribution >= 4 is 17.4 Å². The summed E-state index contributed by atoms with van der Waals surface area (Å²) in [6.07, 6.45) is -0.796. The Hall–Kier alpha value is -1.99. The molecule has 118 valence electrons. The molecule has 0 aliphatic rings. The summed E-state index contributed by atoms with van der Waals surface area (Å²) in [6, 6.07) is 3.80. The highest BCUT2D eigenvalue weighted by atomic mass is 32.1. The van der Waals surface area contributed by atoms with Crippen molar-refractivity contribution in [3.8, 4) is 0 Å². The van der Waals surface area contributed by atoms with Gasteiger partial charge in [-0.2, -0.15) is 11.3 Å². The van der Waals surface area contributed by atoms with Gasteiger partial charge in [0.15, 0.2) is 0 Å². The third-order valence-electron chi connectivity index (χ3n) is 3.16. The van der Waals surface area contributed by atoms with Gasteiger partial charge in [0, 0.05) is 18.2 Å². The molecule has 0 aliphatic carbocycles. The zero-order chi connectivity index (χ0) is 16.1. The number of hydrogen-bond donors (Lipinski definition) is 3. The van der Waals surface area contributed by atoms with Gasteiger partial charge in [-0.15, -0.1) is 0 Å². The number of halogens is 2. The zero-order valence-corrected chi connectivity index (χ0v) is 12.7. The molecule has 1 heterocycles. The summed E-state index contributed by atoms with van der Waals surface area (Å²) in [4.78, 5) is 11.8. The van der Waals surface area contributed by atoms with E-state index in [9.17, 15) is 18.7 Å². The number of urea groups is 1. The third kappa shape index (κ3) is 4.25. The maximum atomic E-state index is 13.6. The van der Waals surface area contributed by atoms with Gasteiger partial charge in [-0.1, -0.05) is 6.07 Å². The summed E-state index contributed by atoms with van der Waals surface area (Å²) in [5.74, 6) is -1.39. The number of hydrogen-bond acceptors (Lipinski definition) is 3. The maximum Gasteiger partial charge on any atom is 0.315 e. The van der Waals surface area contributed by atoms with Crippen molar-refractivity contribution in [2.45, 2.75) is 19.1 Å². The summed E-state index contributed by atoms with van der Waals surface area (Å²) in [5, 5.41) is 18.5. The number of aliphatic hydroxyl groups is 1. The molecule has 0 aliphatic heterocycles. The Balaban J connectivity index is 1.86. The molecule has 7 heteroatoms. The highest BCUT2D eigenvalue weighted by Gasteiger charge is 2.15. The standard InChI is InChI=1S/C15H16F2N2O2S/c1-9(12-3-2-11(16)6-13(12)17)19-15(21)18-7-14(20)10-4-5-22-8-10/h2-6,8-9,14,20H,7H2,1H3,(H2,18,19,21). The molecule has 0 saturated heterocycles. The van der Waals surface area contributed by atoms with Gasteiger partial charge in [-0.3, -0.25) is 0 Å². The minimum atomic E-state index is -0.796. The summed E-state index contributed by atoms with van der Waals surface area (Å²) in [5.41, 5.74) is 0.915. The Labute approximate surface area is 130 Å². The molecule has 2 unspecified atom stereocenters. The molecule has 1 aromatic heterocycles.